The van der Waals surface area contributed by atoms with E-state index in [9.17, 15) is 0 Å². The van der Waals surface area contributed by atoms with Crippen molar-refractivity contribution in [2.24, 2.45) is 0 Å². The Bertz CT molecular complexity index is 171. The van der Waals surface area contributed by atoms with Crippen LogP contribution >= 0.6 is 0 Å². The van der Waals surface area contributed by atoms with Crippen molar-refractivity contribution in [1.82, 2.24) is 10.2 Å². The van der Waals surface area contributed by atoms with Gasteiger partial charge in [-0.2, -0.15) is 0 Å². The zero-order chi connectivity index (χ0) is 11.1. The number of hydrogen-bond acceptors (Lipinski definition) is 2. The Kier molecular flexibility index (Phi) is 5.96. The Balaban J connectivity index is 2.25. The molecule has 0 aromatic heterocycles. The van der Waals surface area contributed by atoms with Crippen LogP contribution < -0.4 is 5.32 Å². The number of rotatable bonds is 7. The van der Waals surface area contributed by atoms with E-state index >= 15 is 0 Å². The fourth-order valence-electron chi connectivity index (χ4n) is 2.19. The Morgan fingerprint density at radius 3 is 2.87 bits per heavy atom. The summed E-state index contributed by atoms with van der Waals surface area (Å²) in [6.07, 6.45) is 7.11. The van der Waals surface area contributed by atoms with E-state index in [2.05, 4.69) is 30.6 Å². The van der Waals surface area contributed by atoms with Gasteiger partial charge in [0.2, 0.25) is 0 Å². The first-order chi connectivity index (χ1) is 7.24. The molecule has 1 N–H and O–H groups in total. The fraction of sp³-hybridized carbons (Fsp3) is 0.846. The summed E-state index contributed by atoms with van der Waals surface area (Å²) in [6.45, 7) is 12.0. The van der Waals surface area contributed by atoms with Crippen LogP contribution in [0.3, 0.4) is 0 Å². The molecule has 15 heavy (non-hydrogen) atoms. The van der Waals surface area contributed by atoms with Gasteiger partial charge in [0.15, 0.2) is 0 Å². The first-order valence-electron chi connectivity index (χ1n) is 6.32. The molecule has 0 spiro atoms. The van der Waals surface area contributed by atoms with E-state index in [1.807, 2.05) is 6.08 Å². The molecular formula is C13H26N2. The normalized spacial score (nSPS) is 21.5. The van der Waals surface area contributed by atoms with Crippen molar-refractivity contribution in [2.75, 3.05) is 19.6 Å². The Morgan fingerprint density at radius 1 is 1.53 bits per heavy atom. The molecule has 0 bridgehead atoms. The van der Waals surface area contributed by atoms with Gasteiger partial charge >= 0.3 is 0 Å². The van der Waals surface area contributed by atoms with Crippen LogP contribution in [0.2, 0.25) is 0 Å². The second-order valence-corrected chi connectivity index (χ2v) is 4.81. The van der Waals surface area contributed by atoms with Gasteiger partial charge < -0.3 is 5.32 Å². The smallest absolute Gasteiger partial charge is 0.0195 e. The molecule has 0 saturated carbocycles. The van der Waals surface area contributed by atoms with E-state index < -0.39 is 0 Å². The maximum atomic E-state index is 3.77. The highest BCUT2D eigenvalue weighted by Crippen LogP contribution is 2.10. The summed E-state index contributed by atoms with van der Waals surface area (Å²) in [7, 11) is 0. The Morgan fingerprint density at radius 2 is 2.33 bits per heavy atom. The van der Waals surface area contributed by atoms with Crippen LogP contribution in [-0.4, -0.2) is 36.6 Å². The van der Waals surface area contributed by atoms with Crippen molar-refractivity contribution < 1.29 is 0 Å². The standard InChI is InChI=1S/C13H26N2/c1-4-5-6-10-15(12(2)3)11-13-8-7-9-14-13/h4,12-14H,1,5-11H2,2-3H3. The van der Waals surface area contributed by atoms with Gasteiger partial charge in [0.1, 0.15) is 0 Å². The van der Waals surface area contributed by atoms with Gasteiger partial charge in [-0.15, -0.1) is 6.58 Å². The van der Waals surface area contributed by atoms with Crippen LogP contribution in [0.15, 0.2) is 12.7 Å². The predicted molar refractivity (Wildman–Crippen MR) is 67.2 cm³/mol. The van der Waals surface area contributed by atoms with Crippen LogP contribution in [-0.2, 0) is 0 Å². The highest BCUT2D eigenvalue weighted by Gasteiger charge is 2.18. The van der Waals surface area contributed by atoms with Crippen LogP contribution in [0.4, 0.5) is 0 Å². The summed E-state index contributed by atoms with van der Waals surface area (Å²) in [4.78, 5) is 2.59. The maximum absolute atomic E-state index is 3.77. The summed E-state index contributed by atoms with van der Waals surface area (Å²) < 4.78 is 0. The Hall–Kier alpha value is -0.340. The highest BCUT2D eigenvalue weighted by atomic mass is 15.2. The van der Waals surface area contributed by atoms with Gasteiger partial charge in [-0.25, -0.2) is 0 Å². The van der Waals surface area contributed by atoms with Gasteiger partial charge in [-0.05, 0) is 52.6 Å². The lowest BCUT2D eigenvalue weighted by Crippen LogP contribution is -2.41. The molecule has 0 radical (unpaired) electrons. The molecule has 0 aromatic rings. The third-order valence-electron chi connectivity index (χ3n) is 3.20. The van der Waals surface area contributed by atoms with E-state index in [0.717, 1.165) is 12.5 Å². The van der Waals surface area contributed by atoms with Gasteiger partial charge in [0, 0.05) is 18.6 Å². The van der Waals surface area contributed by atoms with Crippen molar-refractivity contribution in [2.45, 2.75) is 51.6 Å². The fourth-order valence-corrected chi connectivity index (χ4v) is 2.19. The third kappa shape index (κ3) is 4.80. The zero-order valence-electron chi connectivity index (χ0n) is 10.3. The van der Waals surface area contributed by atoms with Crippen molar-refractivity contribution in [3.8, 4) is 0 Å². The predicted octanol–water partition coefficient (Wildman–Crippen LogP) is 2.42. The van der Waals surface area contributed by atoms with Gasteiger partial charge in [0.05, 0.1) is 0 Å². The second kappa shape index (κ2) is 7.02. The molecule has 1 saturated heterocycles. The molecule has 1 aliphatic heterocycles. The first kappa shape index (κ1) is 12.7. The topological polar surface area (TPSA) is 15.3 Å². The van der Waals surface area contributed by atoms with E-state index in [1.165, 1.54) is 38.9 Å². The molecule has 1 unspecified atom stereocenters. The van der Waals surface area contributed by atoms with Crippen LogP contribution in [0.5, 0.6) is 0 Å². The summed E-state index contributed by atoms with van der Waals surface area (Å²) in [5.41, 5.74) is 0. The maximum Gasteiger partial charge on any atom is 0.0195 e. The highest BCUT2D eigenvalue weighted by molar-refractivity contribution is 4.79. The molecule has 1 atom stereocenters. The van der Waals surface area contributed by atoms with Gasteiger partial charge in [-0.1, -0.05) is 6.08 Å². The lowest BCUT2D eigenvalue weighted by atomic mass is 10.1. The van der Waals surface area contributed by atoms with Crippen molar-refractivity contribution in [1.29, 1.82) is 0 Å². The average Bonchev–Trinajstić information content (AvgIpc) is 2.69. The van der Waals surface area contributed by atoms with Crippen molar-refractivity contribution in [3.05, 3.63) is 12.7 Å². The summed E-state index contributed by atoms with van der Waals surface area (Å²) in [6, 6.07) is 1.40. The molecule has 1 rings (SSSR count). The molecule has 1 fully saturated rings. The summed E-state index contributed by atoms with van der Waals surface area (Å²) >= 11 is 0. The van der Waals surface area contributed by atoms with Crippen molar-refractivity contribution >= 4 is 0 Å². The molecule has 2 heteroatoms. The minimum absolute atomic E-state index is 0.664. The number of allylic oxidation sites excluding steroid dienone is 1. The first-order valence-corrected chi connectivity index (χ1v) is 6.32. The van der Waals surface area contributed by atoms with Crippen molar-refractivity contribution in [3.63, 3.8) is 0 Å². The number of hydrogen-bond donors (Lipinski definition) is 1. The molecule has 0 aromatic carbocycles. The molecule has 0 amide bonds. The minimum Gasteiger partial charge on any atom is -0.313 e. The van der Waals surface area contributed by atoms with Crippen LogP contribution in [0.1, 0.15) is 39.5 Å². The SMILES string of the molecule is C=CCCCN(CC1CCCN1)C(C)C. The third-order valence-corrected chi connectivity index (χ3v) is 3.20. The lowest BCUT2D eigenvalue weighted by molar-refractivity contribution is 0.201. The van der Waals surface area contributed by atoms with E-state index in [1.54, 1.807) is 0 Å². The second-order valence-electron chi connectivity index (χ2n) is 4.81. The monoisotopic (exact) mass is 210 g/mol. The molecule has 0 aliphatic carbocycles. The summed E-state index contributed by atoms with van der Waals surface area (Å²) in [5, 5.41) is 3.57. The quantitative estimate of drug-likeness (QED) is 0.513. The van der Waals surface area contributed by atoms with E-state index in [4.69, 9.17) is 0 Å². The largest absolute Gasteiger partial charge is 0.313 e. The molecular weight excluding hydrogens is 184 g/mol. The molecule has 1 aliphatic rings. The summed E-state index contributed by atoms with van der Waals surface area (Å²) in [5.74, 6) is 0. The number of nitrogens with zero attached hydrogens (tertiary/aromatic N) is 1. The van der Waals surface area contributed by atoms with Gasteiger partial charge in [0.25, 0.3) is 0 Å². The molecule has 1 heterocycles. The average molecular weight is 210 g/mol. The van der Waals surface area contributed by atoms with Crippen LogP contribution in [0.25, 0.3) is 0 Å². The molecule has 2 nitrogen and oxygen atoms in total. The van der Waals surface area contributed by atoms with Gasteiger partial charge in [-0.3, -0.25) is 4.90 Å². The molecule has 88 valence electrons. The van der Waals surface area contributed by atoms with E-state index in [0.29, 0.717) is 6.04 Å². The minimum atomic E-state index is 0.664. The zero-order valence-corrected chi connectivity index (χ0v) is 10.3. The number of nitrogens with one attached hydrogen (secondary N) is 1. The van der Waals surface area contributed by atoms with Crippen LogP contribution in [0, 0.1) is 0 Å². The van der Waals surface area contributed by atoms with E-state index in [-0.39, 0.29) is 0 Å². The number of unbranched alkanes of at least 4 members (excludes halogenated alkanes) is 1. The Labute approximate surface area is 94.7 Å². The lowest BCUT2D eigenvalue weighted by Gasteiger charge is -2.29.